The summed E-state index contributed by atoms with van der Waals surface area (Å²) in [7, 11) is 1.57. The maximum Gasteiger partial charge on any atom is 0.270 e. The van der Waals surface area contributed by atoms with Crippen LogP contribution in [0.25, 0.3) is 10.9 Å². The number of para-hydroxylation sites is 1. The molecule has 1 atom stereocenters. The van der Waals surface area contributed by atoms with Gasteiger partial charge in [0.25, 0.3) is 17.2 Å². The molecule has 2 aromatic carbocycles. The number of aromatic nitrogens is 2. The third kappa shape index (κ3) is 5.92. The van der Waals surface area contributed by atoms with E-state index in [0.29, 0.717) is 42.8 Å². The van der Waals surface area contributed by atoms with Crippen molar-refractivity contribution in [2.45, 2.75) is 52.1 Å². The van der Waals surface area contributed by atoms with E-state index in [1.54, 1.807) is 40.8 Å². The molecule has 0 aliphatic heterocycles. The first kappa shape index (κ1) is 26.0. The van der Waals surface area contributed by atoms with Gasteiger partial charge in [-0.1, -0.05) is 44.9 Å². The van der Waals surface area contributed by atoms with Crippen molar-refractivity contribution in [1.29, 1.82) is 0 Å². The van der Waals surface area contributed by atoms with Gasteiger partial charge < -0.3 is 9.64 Å². The Kier molecular flexibility index (Phi) is 9.08. The van der Waals surface area contributed by atoms with Gasteiger partial charge >= 0.3 is 0 Å². The predicted molar refractivity (Wildman–Crippen MR) is 135 cm³/mol. The first-order chi connectivity index (χ1) is 16.9. The standard InChI is InChI=1S/C26H32N4O5/c1-4-6-9-15-28(25(31)19-11-10-12-20(18-19)30(33)34)23(5-2)24-27-22-14-8-7-13-21(22)26(32)29(24)16-17-35-3/h7-8,10-14,18,23H,4-6,9,15-17H2,1-3H3. The second kappa shape index (κ2) is 12.2. The van der Waals surface area contributed by atoms with E-state index in [-0.39, 0.29) is 22.7 Å². The molecule has 0 aliphatic carbocycles. The molecule has 186 valence electrons. The van der Waals surface area contributed by atoms with Crippen LogP contribution in [0.15, 0.2) is 53.3 Å². The first-order valence-electron chi connectivity index (χ1n) is 12.0. The van der Waals surface area contributed by atoms with Crippen molar-refractivity contribution in [3.63, 3.8) is 0 Å². The number of methoxy groups -OCH3 is 1. The van der Waals surface area contributed by atoms with Crippen LogP contribution in [0, 0.1) is 10.1 Å². The van der Waals surface area contributed by atoms with Crippen molar-refractivity contribution in [2.24, 2.45) is 0 Å². The molecule has 1 amide bonds. The van der Waals surface area contributed by atoms with Crippen molar-refractivity contribution >= 4 is 22.5 Å². The summed E-state index contributed by atoms with van der Waals surface area (Å²) in [5, 5.41) is 11.8. The first-order valence-corrected chi connectivity index (χ1v) is 12.0. The lowest BCUT2D eigenvalue weighted by Crippen LogP contribution is -2.40. The highest BCUT2D eigenvalue weighted by Crippen LogP contribution is 2.27. The maximum atomic E-state index is 13.7. The molecule has 0 radical (unpaired) electrons. The van der Waals surface area contributed by atoms with Gasteiger partial charge in [0.15, 0.2) is 0 Å². The molecule has 35 heavy (non-hydrogen) atoms. The number of unbranched alkanes of at least 4 members (excludes halogenated alkanes) is 2. The topological polar surface area (TPSA) is 108 Å². The van der Waals surface area contributed by atoms with E-state index in [0.717, 1.165) is 19.3 Å². The number of hydrogen-bond donors (Lipinski definition) is 0. The molecule has 1 aromatic heterocycles. The highest BCUT2D eigenvalue weighted by Gasteiger charge is 2.29. The second-order valence-corrected chi connectivity index (χ2v) is 8.37. The fourth-order valence-electron chi connectivity index (χ4n) is 4.23. The van der Waals surface area contributed by atoms with Gasteiger partial charge in [0, 0.05) is 31.4 Å². The summed E-state index contributed by atoms with van der Waals surface area (Å²) >= 11 is 0. The fraction of sp³-hybridized carbons (Fsp3) is 0.423. The largest absolute Gasteiger partial charge is 0.383 e. The van der Waals surface area contributed by atoms with Crippen LogP contribution >= 0.6 is 0 Å². The van der Waals surface area contributed by atoms with Crippen LogP contribution < -0.4 is 5.56 Å². The minimum atomic E-state index is -0.511. The van der Waals surface area contributed by atoms with Gasteiger partial charge in [-0.2, -0.15) is 0 Å². The number of fused-ring (bicyclic) bond motifs is 1. The van der Waals surface area contributed by atoms with Crippen LogP contribution in [0.1, 0.15) is 61.8 Å². The second-order valence-electron chi connectivity index (χ2n) is 8.37. The molecule has 1 unspecified atom stereocenters. The molecule has 0 spiro atoms. The summed E-state index contributed by atoms with van der Waals surface area (Å²) < 4.78 is 6.83. The lowest BCUT2D eigenvalue weighted by Gasteiger charge is -2.32. The summed E-state index contributed by atoms with van der Waals surface area (Å²) in [4.78, 5) is 44.5. The molecule has 3 rings (SSSR count). The lowest BCUT2D eigenvalue weighted by atomic mass is 10.1. The summed E-state index contributed by atoms with van der Waals surface area (Å²) in [5.41, 5.74) is 0.479. The number of carbonyl (C=O) groups excluding carboxylic acids is 1. The highest BCUT2D eigenvalue weighted by molar-refractivity contribution is 5.95. The molecular weight excluding hydrogens is 448 g/mol. The van der Waals surface area contributed by atoms with Crippen LogP contribution in [0.5, 0.6) is 0 Å². The third-order valence-electron chi connectivity index (χ3n) is 6.04. The van der Waals surface area contributed by atoms with Crippen LogP contribution in [-0.4, -0.2) is 45.5 Å². The van der Waals surface area contributed by atoms with Crippen LogP contribution in [-0.2, 0) is 11.3 Å². The summed E-state index contributed by atoms with van der Waals surface area (Å²) in [6.07, 6.45) is 3.19. The zero-order chi connectivity index (χ0) is 25.4. The zero-order valence-electron chi connectivity index (χ0n) is 20.5. The Morgan fingerprint density at radius 2 is 1.94 bits per heavy atom. The van der Waals surface area contributed by atoms with Gasteiger partial charge in [-0.05, 0) is 31.0 Å². The molecule has 0 saturated carbocycles. The minimum absolute atomic E-state index is 0.141. The van der Waals surface area contributed by atoms with E-state index < -0.39 is 11.0 Å². The van der Waals surface area contributed by atoms with Gasteiger partial charge in [-0.15, -0.1) is 0 Å². The number of hydrogen-bond acceptors (Lipinski definition) is 6. The Balaban J connectivity index is 2.14. The van der Waals surface area contributed by atoms with Gasteiger partial charge in [0.2, 0.25) is 0 Å². The quantitative estimate of drug-likeness (QED) is 0.211. The number of nitro groups is 1. The monoisotopic (exact) mass is 480 g/mol. The highest BCUT2D eigenvalue weighted by atomic mass is 16.6. The van der Waals surface area contributed by atoms with Crippen molar-refractivity contribution < 1.29 is 14.5 Å². The van der Waals surface area contributed by atoms with Crippen molar-refractivity contribution in [1.82, 2.24) is 14.5 Å². The van der Waals surface area contributed by atoms with Crippen molar-refractivity contribution in [3.8, 4) is 0 Å². The summed E-state index contributed by atoms with van der Waals surface area (Å²) in [5.74, 6) is 0.167. The molecular formula is C26H32N4O5. The van der Waals surface area contributed by atoms with Crippen LogP contribution in [0.2, 0.25) is 0 Å². The number of ether oxygens (including phenoxy) is 1. The van der Waals surface area contributed by atoms with Crippen molar-refractivity contribution in [3.05, 3.63) is 80.4 Å². The number of benzene rings is 2. The zero-order valence-corrected chi connectivity index (χ0v) is 20.5. The normalized spacial score (nSPS) is 12.0. The summed E-state index contributed by atoms with van der Waals surface area (Å²) in [6, 6.07) is 12.4. The minimum Gasteiger partial charge on any atom is -0.383 e. The molecule has 0 fully saturated rings. The predicted octanol–water partition coefficient (Wildman–Crippen LogP) is 4.73. The number of carbonyl (C=O) groups is 1. The molecule has 0 N–H and O–H groups in total. The van der Waals surface area contributed by atoms with E-state index >= 15 is 0 Å². The van der Waals surface area contributed by atoms with Gasteiger partial charge in [-0.25, -0.2) is 4.98 Å². The van der Waals surface area contributed by atoms with Crippen LogP contribution in [0.4, 0.5) is 5.69 Å². The smallest absolute Gasteiger partial charge is 0.270 e. The van der Waals surface area contributed by atoms with E-state index in [1.807, 2.05) is 13.0 Å². The van der Waals surface area contributed by atoms with E-state index in [2.05, 4.69) is 6.92 Å². The van der Waals surface area contributed by atoms with Gasteiger partial charge in [0.1, 0.15) is 5.82 Å². The number of nitrogens with zero attached hydrogens (tertiary/aromatic N) is 4. The fourth-order valence-corrected chi connectivity index (χ4v) is 4.23. The third-order valence-corrected chi connectivity index (χ3v) is 6.04. The number of non-ortho nitro benzene ring substituents is 1. The Bertz CT molecular complexity index is 1240. The molecule has 9 heteroatoms. The van der Waals surface area contributed by atoms with E-state index in [9.17, 15) is 19.7 Å². The summed E-state index contributed by atoms with van der Waals surface area (Å²) in [6.45, 7) is 5.09. The average Bonchev–Trinajstić information content (AvgIpc) is 2.87. The molecule has 0 saturated heterocycles. The van der Waals surface area contributed by atoms with Crippen LogP contribution in [0.3, 0.4) is 0 Å². The SMILES string of the molecule is CCCCCN(C(=O)c1cccc([N+](=O)[O-])c1)C(CC)c1nc2ccccc2c(=O)n1CCOC. The van der Waals surface area contributed by atoms with Gasteiger partial charge in [0.05, 0.1) is 35.0 Å². The Morgan fingerprint density at radius 1 is 1.17 bits per heavy atom. The molecule has 0 aliphatic rings. The molecule has 0 bridgehead atoms. The van der Waals surface area contributed by atoms with E-state index in [4.69, 9.17) is 9.72 Å². The number of amides is 1. The van der Waals surface area contributed by atoms with Gasteiger partial charge in [-0.3, -0.25) is 24.3 Å². The lowest BCUT2D eigenvalue weighted by molar-refractivity contribution is -0.384. The number of nitro benzene ring substituents is 1. The molecule has 1 heterocycles. The van der Waals surface area contributed by atoms with Crippen molar-refractivity contribution in [2.75, 3.05) is 20.3 Å². The maximum absolute atomic E-state index is 13.7. The average molecular weight is 481 g/mol. The molecule has 3 aromatic rings. The number of rotatable bonds is 12. The molecule has 9 nitrogen and oxygen atoms in total. The Labute approximate surface area is 204 Å². The Morgan fingerprint density at radius 3 is 2.63 bits per heavy atom. The van der Waals surface area contributed by atoms with E-state index in [1.165, 1.54) is 18.2 Å². The Hall–Kier alpha value is -3.59.